The van der Waals surface area contributed by atoms with Crippen LogP contribution in [0.1, 0.15) is 23.4 Å². The lowest BCUT2D eigenvalue weighted by Gasteiger charge is -2.20. The summed E-state index contributed by atoms with van der Waals surface area (Å²) in [5.41, 5.74) is 0.593. The van der Waals surface area contributed by atoms with E-state index in [0.29, 0.717) is 5.69 Å². The minimum absolute atomic E-state index is 0.0354. The molecule has 1 fully saturated rings. The molecule has 0 unspecified atom stereocenters. The Labute approximate surface area is 129 Å². The molecule has 2 amide bonds. The second-order valence-electron chi connectivity index (χ2n) is 4.71. The molecule has 5 heteroatoms. The van der Waals surface area contributed by atoms with E-state index in [1.54, 1.807) is 18.2 Å². The van der Waals surface area contributed by atoms with E-state index in [9.17, 15) is 9.59 Å². The highest BCUT2D eigenvalue weighted by atomic mass is 127. The smallest absolute Gasteiger partial charge is 0.300 e. The van der Waals surface area contributed by atoms with Crippen molar-refractivity contribution in [2.75, 3.05) is 4.90 Å². The number of imide groups is 1. The molecule has 1 saturated carbocycles. The van der Waals surface area contributed by atoms with Gasteiger partial charge in [0.2, 0.25) is 5.91 Å². The van der Waals surface area contributed by atoms with Gasteiger partial charge in [0.15, 0.2) is 5.76 Å². The zero-order chi connectivity index (χ0) is 14.1. The Kier molecular flexibility index (Phi) is 3.60. The lowest BCUT2D eigenvalue weighted by atomic mass is 10.2. The molecule has 1 aromatic carbocycles. The van der Waals surface area contributed by atoms with Crippen LogP contribution < -0.4 is 4.90 Å². The number of carbonyl (C=O) groups is 2. The van der Waals surface area contributed by atoms with Gasteiger partial charge < -0.3 is 4.42 Å². The summed E-state index contributed by atoms with van der Waals surface area (Å²) in [6.07, 6.45) is 3.14. The zero-order valence-electron chi connectivity index (χ0n) is 10.6. The quantitative estimate of drug-likeness (QED) is 0.605. The van der Waals surface area contributed by atoms with Crippen LogP contribution in [0.4, 0.5) is 5.69 Å². The van der Waals surface area contributed by atoms with E-state index in [-0.39, 0.29) is 17.6 Å². The van der Waals surface area contributed by atoms with Crippen molar-refractivity contribution < 1.29 is 14.0 Å². The lowest BCUT2D eigenvalue weighted by Crippen LogP contribution is -2.38. The molecule has 102 valence electrons. The first-order chi connectivity index (χ1) is 9.66. The number of hydrogen-bond acceptors (Lipinski definition) is 3. The summed E-state index contributed by atoms with van der Waals surface area (Å²) in [6, 6.07) is 10.6. The highest BCUT2D eigenvalue weighted by molar-refractivity contribution is 14.1. The molecule has 20 heavy (non-hydrogen) atoms. The van der Waals surface area contributed by atoms with E-state index in [0.717, 1.165) is 16.4 Å². The van der Waals surface area contributed by atoms with Crippen LogP contribution >= 0.6 is 22.6 Å². The molecule has 1 aliphatic carbocycles. The molecule has 0 N–H and O–H groups in total. The minimum atomic E-state index is -0.408. The van der Waals surface area contributed by atoms with Crippen LogP contribution in [0.25, 0.3) is 0 Å². The second-order valence-corrected chi connectivity index (χ2v) is 5.96. The van der Waals surface area contributed by atoms with Gasteiger partial charge in [-0.3, -0.25) is 9.59 Å². The number of halogens is 1. The van der Waals surface area contributed by atoms with Crippen LogP contribution in [0.15, 0.2) is 47.1 Å². The summed E-state index contributed by atoms with van der Waals surface area (Å²) in [7, 11) is 0. The van der Waals surface area contributed by atoms with Crippen molar-refractivity contribution in [3.8, 4) is 0 Å². The maximum atomic E-state index is 12.5. The largest absolute Gasteiger partial charge is 0.459 e. The Morgan fingerprint density at radius 3 is 2.60 bits per heavy atom. The fraction of sp³-hybridized carbons (Fsp3) is 0.200. The maximum Gasteiger partial charge on any atom is 0.300 e. The summed E-state index contributed by atoms with van der Waals surface area (Å²) >= 11 is 2.16. The van der Waals surface area contributed by atoms with Crippen LogP contribution in [0, 0.1) is 9.49 Å². The fourth-order valence-corrected chi connectivity index (χ4v) is 2.51. The molecule has 4 nitrogen and oxygen atoms in total. The number of nitrogens with zero attached hydrogens (tertiary/aromatic N) is 1. The standard InChI is InChI=1S/C15H12INO3/c16-11-3-1-4-12(9-11)17(14(18)10-6-7-10)15(19)13-5-2-8-20-13/h1-5,8-10H,6-7H2. The van der Waals surface area contributed by atoms with Gasteiger partial charge in [0, 0.05) is 9.49 Å². The van der Waals surface area contributed by atoms with E-state index in [1.165, 1.54) is 11.2 Å². The van der Waals surface area contributed by atoms with Crippen LogP contribution in [-0.4, -0.2) is 11.8 Å². The van der Waals surface area contributed by atoms with E-state index in [1.807, 2.05) is 18.2 Å². The van der Waals surface area contributed by atoms with Gasteiger partial charge in [0.1, 0.15) is 0 Å². The summed E-state index contributed by atoms with van der Waals surface area (Å²) in [4.78, 5) is 26.1. The Morgan fingerprint density at radius 1 is 1.20 bits per heavy atom. The van der Waals surface area contributed by atoms with Crippen molar-refractivity contribution in [2.45, 2.75) is 12.8 Å². The summed E-state index contributed by atoms with van der Waals surface area (Å²) < 4.78 is 6.11. The molecule has 0 bridgehead atoms. The number of carbonyl (C=O) groups excluding carboxylic acids is 2. The Balaban J connectivity index is 1.99. The van der Waals surface area contributed by atoms with Crippen molar-refractivity contribution >= 4 is 40.1 Å². The molecule has 0 radical (unpaired) electrons. The summed E-state index contributed by atoms with van der Waals surface area (Å²) in [6.45, 7) is 0. The van der Waals surface area contributed by atoms with Gasteiger partial charge in [-0.15, -0.1) is 0 Å². The third-order valence-electron chi connectivity index (χ3n) is 3.15. The first-order valence-electron chi connectivity index (χ1n) is 6.34. The third-order valence-corrected chi connectivity index (χ3v) is 3.82. The van der Waals surface area contributed by atoms with Crippen molar-refractivity contribution in [3.63, 3.8) is 0 Å². The SMILES string of the molecule is O=C(c1ccco1)N(C(=O)C1CC1)c1cccc(I)c1. The molecular formula is C15H12INO3. The number of rotatable bonds is 3. The number of benzene rings is 1. The first-order valence-corrected chi connectivity index (χ1v) is 7.42. The van der Waals surface area contributed by atoms with E-state index in [4.69, 9.17) is 4.42 Å². The van der Waals surface area contributed by atoms with Crippen molar-refractivity contribution in [1.29, 1.82) is 0 Å². The van der Waals surface area contributed by atoms with Gasteiger partial charge in [-0.1, -0.05) is 6.07 Å². The molecule has 0 atom stereocenters. The van der Waals surface area contributed by atoms with Crippen LogP contribution in [0.3, 0.4) is 0 Å². The molecule has 1 aliphatic rings. The molecule has 1 heterocycles. The average Bonchev–Trinajstić information content (AvgIpc) is 3.14. The monoisotopic (exact) mass is 381 g/mol. The van der Waals surface area contributed by atoms with Crippen molar-refractivity contribution in [3.05, 3.63) is 52.0 Å². The van der Waals surface area contributed by atoms with Crippen LogP contribution in [-0.2, 0) is 4.79 Å². The van der Waals surface area contributed by atoms with Crippen molar-refractivity contribution in [2.24, 2.45) is 5.92 Å². The summed E-state index contributed by atoms with van der Waals surface area (Å²) in [5, 5.41) is 0. The van der Waals surface area contributed by atoms with Gasteiger partial charge in [0.05, 0.1) is 12.0 Å². The number of furan rings is 1. The third kappa shape index (κ3) is 2.63. The lowest BCUT2D eigenvalue weighted by molar-refractivity contribution is -0.119. The van der Waals surface area contributed by atoms with Gasteiger partial charge >= 0.3 is 5.91 Å². The van der Waals surface area contributed by atoms with Gasteiger partial charge in [-0.25, -0.2) is 4.90 Å². The Morgan fingerprint density at radius 2 is 2.00 bits per heavy atom. The van der Waals surface area contributed by atoms with Gasteiger partial charge in [0.25, 0.3) is 0 Å². The predicted octanol–water partition coefficient (Wildman–Crippen LogP) is 3.47. The molecular weight excluding hydrogens is 369 g/mol. The molecule has 3 rings (SSSR count). The second kappa shape index (κ2) is 5.40. The van der Waals surface area contributed by atoms with E-state index >= 15 is 0 Å². The highest BCUT2D eigenvalue weighted by Crippen LogP contribution is 2.33. The number of anilines is 1. The minimum Gasteiger partial charge on any atom is -0.459 e. The van der Waals surface area contributed by atoms with E-state index in [2.05, 4.69) is 22.6 Å². The normalized spacial score (nSPS) is 14.1. The number of hydrogen-bond donors (Lipinski definition) is 0. The predicted molar refractivity (Wildman–Crippen MR) is 82.4 cm³/mol. The first kappa shape index (κ1) is 13.4. The molecule has 0 aliphatic heterocycles. The number of amides is 2. The Hall–Kier alpha value is -1.63. The summed E-state index contributed by atoms with van der Waals surface area (Å²) in [5.74, 6) is -0.410. The molecule has 0 saturated heterocycles. The molecule has 1 aromatic heterocycles. The van der Waals surface area contributed by atoms with Crippen molar-refractivity contribution in [1.82, 2.24) is 0 Å². The highest BCUT2D eigenvalue weighted by Gasteiger charge is 2.38. The maximum absolute atomic E-state index is 12.5. The molecule has 0 spiro atoms. The molecule has 2 aromatic rings. The zero-order valence-corrected chi connectivity index (χ0v) is 12.7. The average molecular weight is 381 g/mol. The Bertz CT molecular complexity index is 647. The van der Waals surface area contributed by atoms with Gasteiger partial charge in [-0.2, -0.15) is 0 Å². The van der Waals surface area contributed by atoms with Crippen LogP contribution in [0.5, 0.6) is 0 Å². The van der Waals surface area contributed by atoms with E-state index < -0.39 is 5.91 Å². The topological polar surface area (TPSA) is 50.5 Å². The van der Waals surface area contributed by atoms with Crippen LogP contribution in [0.2, 0.25) is 0 Å². The van der Waals surface area contributed by atoms with Gasteiger partial charge in [-0.05, 0) is 65.8 Å². The fourth-order valence-electron chi connectivity index (χ4n) is 1.98.